The molecule has 20 heavy (non-hydrogen) atoms. The first-order chi connectivity index (χ1) is 9.72. The number of ether oxygens (including phenoxy) is 1. The zero-order valence-electron chi connectivity index (χ0n) is 11.5. The van der Waals surface area contributed by atoms with Gasteiger partial charge < -0.3 is 9.64 Å². The lowest BCUT2D eigenvalue weighted by Gasteiger charge is -2.27. The number of anilines is 1. The Morgan fingerprint density at radius 2 is 2.10 bits per heavy atom. The third-order valence-corrected chi connectivity index (χ3v) is 4.18. The van der Waals surface area contributed by atoms with Gasteiger partial charge in [0.15, 0.2) is 0 Å². The Balaban J connectivity index is 1.70. The van der Waals surface area contributed by atoms with E-state index >= 15 is 0 Å². The second kappa shape index (κ2) is 6.16. The van der Waals surface area contributed by atoms with Crippen LogP contribution in [0, 0.1) is 0 Å². The summed E-state index contributed by atoms with van der Waals surface area (Å²) in [7, 11) is 0. The van der Waals surface area contributed by atoms with Crippen molar-refractivity contribution >= 4 is 24.2 Å². The Kier molecular flexibility index (Phi) is 4.29. The second-order valence-corrected chi connectivity index (χ2v) is 6.15. The molecule has 2 heterocycles. The molecule has 1 aromatic carbocycles. The van der Waals surface area contributed by atoms with Crippen molar-refractivity contribution in [1.29, 1.82) is 0 Å². The number of morpholine rings is 1. The normalized spacial score (nSPS) is 24.4. The van der Waals surface area contributed by atoms with Crippen molar-refractivity contribution < 1.29 is 9.53 Å². The number of rotatable bonds is 3. The maximum Gasteiger partial charge on any atom is 0.228 e. The van der Waals surface area contributed by atoms with Crippen molar-refractivity contribution in [3.8, 4) is 0 Å². The fourth-order valence-electron chi connectivity index (χ4n) is 2.78. The summed E-state index contributed by atoms with van der Waals surface area (Å²) in [5, 5.41) is 0.158. The highest BCUT2D eigenvalue weighted by Gasteiger charge is 2.28. The summed E-state index contributed by atoms with van der Waals surface area (Å²) in [6.07, 6.45) is 0.538. The van der Waals surface area contributed by atoms with Crippen LogP contribution in [0.15, 0.2) is 24.3 Å². The molecule has 2 fully saturated rings. The Hall–Kier alpha value is -1.04. The van der Waals surface area contributed by atoms with Gasteiger partial charge in [-0.15, -0.1) is 0 Å². The largest absolute Gasteiger partial charge is 0.379 e. The molecular formula is C15H20N2O2S. The molecular weight excluding hydrogens is 272 g/mol. The van der Waals surface area contributed by atoms with Crippen molar-refractivity contribution in [2.24, 2.45) is 0 Å². The maximum atomic E-state index is 11.9. The molecule has 4 nitrogen and oxygen atoms in total. The number of hydrogen-bond donors (Lipinski definition) is 1. The Morgan fingerprint density at radius 3 is 2.80 bits per heavy atom. The number of thiol groups is 1. The van der Waals surface area contributed by atoms with Gasteiger partial charge in [0.2, 0.25) is 5.91 Å². The van der Waals surface area contributed by atoms with Crippen molar-refractivity contribution in [3.63, 3.8) is 0 Å². The van der Waals surface area contributed by atoms with Crippen LogP contribution in [-0.4, -0.2) is 48.9 Å². The van der Waals surface area contributed by atoms with Gasteiger partial charge in [-0.2, -0.15) is 12.6 Å². The molecule has 108 valence electrons. The third-order valence-electron chi connectivity index (χ3n) is 3.84. The van der Waals surface area contributed by atoms with Crippen LogP contribution < -0.4 is 4.90 Å². The van der Waals surface area contributed by atoms with E-state index in [9.17, 15) is 4.79 Å². The monoisotopic (exact) mass is 292 g/mol. The standard InChI is InChI=1S/C15H20N2O2S/c18-15-9-14(20)11-17(15)13-3-1-2-12(8-13)10-16-4-6-19-7-5-16/h1-3,8,14,20H,4-7,9-11H2. The van der Waals surface area contributed by atoms with Crippen LogP contribution in [-0.2, 0) is 16.1 Å². The first kappa shape index (κ1) is 13.9. The molecule has 0 spiro atoms. The van der Waals surface area contributed by atoms with Crippen LogP contribution in [0.5, 0.6) is 0 Å². The molecule has 0 saturated carbocycles. The zero-order valence-corrected chi connectivity index (χ0v) is 12.4. The lowest BCUT2D eigenvalue weighted by molar-refractivity contribution is -0.117. The van der Waals surface area contributed by atoms with E-state index in [1.54, 1.807) is 0 Å². The fraction of sp³-hybridized carbons (Fsp3) is 0.533. The Morgan fingerprint density at radius 1 is 1.30 bits per heavy atom. The number of carbonyl (C=O) groups excluding carboxylic acids is 1. The highest BCUT2D eigenvalue weighted by Crippen LogP contribution is 2.25. The minimum absolute atomic E-state index is 0.158. The predicted octanol–water partition coefficient (Wildman–Crippen LogP) is 1.55. The summed E-state index contributed by atoms with van der Waals surface area (Å²) >= 11 is 4.41. The van der Waals surface area contributed by atoms with E-state index in [2.05, 4.69) is 29.7 Å². The third kappa shape index (κ3) is 3.16. The van der Waals surface area contributed by atoms with Crippen molar-refractivity contribution in [2.45, 2.75) is 18.2 Å². The van der Waals surface area contributed by atoms with E-state index in [1.165, 1.54) is 5.56 Å². The van der Waals surface area contributed by atoms with Crippen LogP contribution in [0.1, 0.15) is 12.0 Å². The highest BCUT2D eigenvalue weighted by molar-refractivity contribution is 7.81. The van der Waals surface area contributed by atoms with Crippen LogP contribution in [0.2, 0.25) is 0 Å². The molecule has 1 atom stereocenters. The Labute approximate surface area is 125 Å². The number of hydrogen-bond acceptors (Lipinski definition) is 4. The molecule has 0 aliphatic carbocycles. The first-order valence-corrected chi connectivity index (χ1v) is 7.61. The van der Waals surface area contributed by atoms with E-state index in [0.29, 0.717) is 13.0 Å². The summed E-state index contributed by atoms with van der Waals surface area (Å²) in [6.45, 7) is 5.21. The maximum absolute atomic E-state index is 11.9. The van der Waals surface area contributed by atoms with Gasteiger partial charge in [0, 0.05) is 43.5 Å². The summed E-state index contributed by atoms with van der Waals surface area (Å²) in [5.74, 6) is 0.175. The van der Waals surface area contributed by atoms with Crippen molar-refractivity contribution in [1.82, 2.24) is 4.90 Å². The summed E-state index contributed by atoms with van der Waals surface area (Å²) in [4.78, 5) is 16.2. The van der Waals surface area contributed by atoms with Gasteiger partial charge in [-0.25, -0.2) is 0 Å². The molecule has 3 rings (SSSR count). The molecule has 1 amide bonds. The van der Waals surface area contributed by atoms with Gasteiger partial charge in [0.1, 0.15) is 0 Å². The molecule has 0 N–H and O–H groups in total. The van der Waals surface area contributed by atoms with Crippen LogP contribution >= 0.6 is 12.6 Å². The number of benzene rings is 1. The van der Waals surface area contributed by atoms with Crippen molar-refractivity contribution in [3.05, 3.63) is 29.8 Å². The van der Waals surface area contributed by atoms with E-state index in [-0.39, 0.29) is 11.2 Å². The van der Waals surface area contributed by atoms with E-state index in [4.69, 9.17) is 4.74 Å². The topological polar surface area (TPSA) is 32.8 Å². The van der Waals surface area contributed by atoms with Crippen LogP contribution in [0.25, 0.3) is 0 Å². The molecule has 2 aliphatic rings. The van der Waals surface area contributed by atoms with E-state index in [0.717, 1.165) is 38.5 Å². The average molecular weight is 292 g/mol. The minimum Gasteiger partial charge on any atom is -0.379 e. The smallest absolute Gasteiger partial charge is 0.228 e. The predicted molar refractivity (Wildman–Crippen MR) is 82.3 cm³/mol. The van der Waals surface area contributed by atoms with Gasteiger partial charge >= 0.3 is 0 Å². The fourth-order valence-corrected chi connectivity index (χ4v) is 3.10. The SMILES string of the molecule is O=C1CC(S)CN1c1cccc(CN2CCOCC2)c1. The lowest BCUT2D eigenvalue weighted by atomic mass is 10.1. The minimum atomic E-state index is 0.158. The first-order valence-electron chi connectivity index (χ1n) is 7.10. The average Bonchev–Trinajstić information content (AvgIpc) is 2.79. The zero-order chi connectivity index (χ0) is 13.9. The molecule has 2 saturated heterocycles. The highest BCUT2D eigenvalue weighted by atomic mass is 32.1. The number of amides is 1. The number of carbonyl (C=O) groups is 1. The van der Waals surface area contributed by atoms with Gasteiger partial charge in [0.25, 0.3) is 0 Å². The quantitative estimate of drug-likeness (QED) is 0.858. The Bertz CT molecular complexity index is 489. The second-order valence-electron chi connectivity index (χ2n) is 5.42. The summed E-state index contributed by atoms with van der Waals surface area (Å²) < 4.78 is 5.37. The molecule has 1 unspecified atom stereocenters. The van der Waals surface area contributed by atoms with Crippen molar-refractivity contribution in [2.75, 3.05) is 37.7 Å². The molecule has 2 aliphatic heterocycles. The summed E-state index contributed by atoms with van der Waals surface area (Å²) in [5.41, 5.74) is 2.25. The summed E-state index contributed by atoms with van der Waals surface area (Å²) in [6, 6.07) is 8.29. The lowest BCUT2D eigenvalue weighted by Crippen LogP contribution is -2.35. The molecule has 0 radical (unpaired) electrons. The van der Waals surface area contributed by atoms with Crippen LogP contribution in [0.4, 0.5) is 5.69 Å². The molecule has 5 heteroatoms. The van der Waals surface area contributed by atoms with E-state index < -0.39 is 0 Å². The molecule has 0 bridgehead atoms. The molecule has 0 aromatic heterocycles. The van der Waals surface area contributed by atoms with Gasteiger partial charge in [0.05, 0.1) is 13.2 Å². The van der Waals surface area contributed by atoms with E-state index in [1.807, 2.05) is 17.0 Å². The molecule has 1 aromatic rings. The van der Waals surface area contributed by atoms with Gasteiger partial charge in [-0.1, -0.05) is 12.1 Å². The van der Waals surface area contributed by atoms with Gasteiger partial charge in [-0.3, -0.25) is 9.69 Å². The van der Waals surface area contributed by atoms with Gasteiger partial charge in [-0.05, 0) is 17.7 Å². The van der Waals surface area contributed by atoms with Crippen LogP contribution in [0.3, 0.4) is 0 Å². The number of nitrogens with zero attached hydrogens (tertiary/aromatic N) is 2.